The Morgan fingerprint density at radius 2 is 1.65 bits per heavy atom. The lowest BCUT2D eigenvalue weighted by Gasteiger charge is -2.24. The highest BCUT2D eigenvalue weighted by atomic mass is 16.5. The smallest absolute Gasteiger partial charge is 0.239 e. The number of fused-ring (bicyclic) bond motifs is 1. The lowest BCUT2D eigenvalue weighted by atomic mass is 9.83. The van der Waals surface area contributed by atoms with Gasteiger partial charge in [-0.2, -0.15) is 0 Å². The van der Waals surface area contributed by atoms with Gasteiger partial charge in [-0.25, -0.2) is 10.9 Å². The van der Waals surface area contributed by atoms with Crippen LogP contribution in [0.4, 0.5) is 0 Å². The third-order valence-electron chi connectivity index (χ3n) is 5.54. The number of carbonyl (C=O) groups excluding carboxylic acids is 1. The van der Waals surface area contributed by atoms with E-state index in [0.29, 0.717) is 5.92 Å². The quantitative estimate of drug-likeness (QED) is 0.793. The largest absolute Gasteiger partial charge is 0.497 e. The number of carbonyl (C=O) groups is 1. The number of hydrogen-bond acceptors (Lipinski definition) is 4. The maximum absolute atomic E-state index is 12.5. The van der Waals surface area contributed by atoms with Crippen molar-refractivity contribution in [2.45, 2.75) is 37.9 Å². The number of rotatable bonds is 4. The summed E-state index contributed by atoms with van der Waals surface area (Å²) in [5, 5.41) is 3.18. The standard InChI is InChI=1S/C21H25N3O2/c1-12(2)13-7-9-14(10-8-13)18-17-19(23-24-20(17)21(25)22-18)15-5-4-6-16(11-15)26-3/h4-12,17-20,23-24H,1-3H3,(H,22,25). The second-order valence-electron chi connectivity index (χ2n) is 7.41. The van der Waals surface area contributed by atoms with Crippen molar-refractivity contribution in [1.29, 1.82) is 0 Å². The molecule has 3 N–H and O–H groups in total. The van der Waals surface area contributed by atoms with Gasteiger partial charge in [-0.1, -0.05) is 50.2 Å². The van der Waals surface area contributed by atoms with Crippen molar-refractivity contribution in [2.24, 2.45) is 5.92 Å². The van der Waals surface area contributed by atoms with Crippen LogP contribution >= 0.6 is 0 Å². The fourth-order valence-electron chi connectivity index (χ4n) is 4.06. The first-order chi connectivity index (χ1) is 12.6. The van der Waals surface area contributed by atoms with Crippen LogP contribution in [0.3, 0.4) is 0 Å². The van der Waals surface area contributed by atoms with Gasteiger partial charge in [0.2, 0.25) is 5.91 Å². The van der Waals surface area contributed by atoms with Crippen molar-refractivity contribution in [3.8, 4) is 5.75 Å². The average Bonchev–Trinajstić information content (AvgIpc) is 3.23. The van der Waals surface area contributed by atoms with E-state index in [1.807, 2.05) is 18.2 Å². The molecule has 2 fully saturated rings. The summed E-state index contributed by atoms with van der Waals surface area (Å²) >= 11 is 0. The molecule has 5 heteroatoms. The zero-order chi connectivity index (χ0) is 18.3. The van der Waals surface area contributed by atoms with Gasteiger partial charge in [-0.15, -0.1) is 0 Å². The molecular formula is C21H25N3O2. The lowest BCUT2D eigenvalue weighted by molar-refractivity contribution is -0.121. The van der Waals surface area contributed by atoms with Gasteiger partial charge in [-0.3, -0.25) is 4.79 Å². The Bertz CT molecular complexity index is 803. The molecular weight excluding hydrogens is 326 g/mol. The van der Waals surface area contributed by atoms with Crippen molar-refractivity contribution < 1.29 is 9.53 Å². The van der Waals surface area contributed by atoms with Gasteiger partial charge in [-0.05, 0) is 34.7 Å². The number of hydrazine groups is 1. The molecule has 0 radical (unpaired) electrons. The van der Waals surface area contributed by atoms with Crippen LogP contribution in [0, 0.1) is 5.92 Å². The Labute approximate surface area is 154 Å². The third kappa shape index (κ3) is 2.87. The molecule has 0 bridgehead atoms. The number of nitrogens with one attached hydrogen (secondary N) is 3. The Morgan fingerprint density at radius 1 is 0.923 bits per heavy atom. The number of ether oxygens (including phenoxy) is 1. The number of methoxy groups -OCH3 is 1. The second kappa shape index (κ2) is 6.74. The second-order valence-corrected chi connectivity index (χ2v) is 7.41. The van der Waals surface area contributed by atoms with Gasteiger partial charge in [0, 0.05) is 5.92 Å². The molecule has 2 saturated heterocycles. The van der Waals surface area contributed by atoms with E-state index in [0.717, 1.165) is 16.9 Å². The van der Waals surface area contributed by atoms with Gasteiger partial charge in [0.25, 0.3) is 0 Å². The molecule has 2 aromatic rings. The van der Waals surface area contributed by atoms with Crippen LogP contribution in [-0.4, -0.2) is 19.1 Å². The first-order valence-electron chi connectivity index (χ1n) is 9.13. The highest BCUT2D eigenvalue weighted by Gasteiger charge is 2.51. The molecule has 1 amide bonds. The van der Waals surface area contributed by atoms with Gasteiger partial charge in [0.1, 0.15) is 11.8 Å². The zero-order valence-electron chi connectivity index (χ0n) is 15.3. The number of benzene rings is 2. The van der Waals surface area contributed by atoms with Crippen molar-refractivity contribution in [3.05, 3.63) is 65.2 Å². The summed E-state index contributed by atoms with van der Waals surface area (Å²) in [6, 6.07) is 16.4. The minimum absolute atomic E-state index is 0.0209. The van der Waals surface area contributed by atoms with E-state index in [1.54, 1.807) is 7.11 Å². The summed E-state index contributed by atoms with van der Waals surface area (Å²) in [5.41, 5.74) is 10.1. The Hall–Kier alpha value is -2.37. The SMILES string of the molecule is COc1cccc(C2NNC3C(=O)NC(c4ccc(C(C)C)cc4)C32)c1. The number of amides is 1. The van der Waals surface area contributed by atoms with Gasteiger partial charge < -0.3 is 10.1 Å². The fraction of sp³-hybridized carbons (Fsp3) is 0.381. The molecule has 0 spiro atoms. The summed E-state index contributed by atoms with van der Waals surface area (Å²) in [4.78, 5) is 12.5. The van der Waals surface area contributed by atoms with Gasteiger partial charge >= 0.3 is 0 Å². The molecule has 0 aliphatic carbocycles. The molecule has 4 atom stereocenters. The van der Waals surface area contributed by atoms with E-state index in [2.05, 4.69) is 60.3 Å². The van der Waals surface area contributed by atoms with E-state index < -0.39 is 0 Å². The van der Waals surface area contributed by atoms with Crippen LogP contribution in [0.1, 0.15) is 48.5 Å². The molecule has 0 aromatic heterocycles. The number of hydrogen-bond donors (Lipinski definition) is 3. The van der Waals surface area contributed by atoms with E-state index in [4.69, 9.17) is 4.74 Å². The third-order valence-corrected chi connectivity index (χ3v) is 5.54. The first-order valence-corrected chi connectivity index (χ1v) is 9.13. The normalized spacial score (nSPS) is 27.5. The molecule has 136 valence electrons. The molecule has 2 aliphatic rings. The molecule has 26 heavy (non-hydrogen) atoms. The van der Waals surface area contributed by atoms with Crippen LogP contribution in [0.2, 0.25) is 0 Å². The minimum atomic E-state index is -0.235. The fourth-order valence-corrected chi connectivity index (χ4v) is 4.06. The molecule has 4 rings (SSSR count). The Kier molecular flexibility index (Phi) is 4.42. The summed E-state index contributed by atoms with van der Waals surface area (Å²) in [6.45, 7) is 4.37. The molecule has 2 aliphatic heterocycles. The summed E-state index contributed by atoms with van der Waals surface area (Å²) in [5.74, 6) is 1.46. The highest BCUT2D eigenvalue weighted by molar-refractivity contribution is 5.86. The van der Waals surface area contributed by atoms with Crippen molar-refractivity contribution in [1.82, 2.24) is 16.2 Å². The minimum Gasteiger partial charge on any atom is -0.497 e. The predicted molar refractivity (Wildman–Crippen MR) is 101 cm³/mol. The van der Waals surface area contributed by atoms with E-state index in [1.165, 1.54) is 5.56 Å². The first kappa shape index (κ1) is 17.1. The van der Waals surface area contributed by atoms with Crippen molar-refractivity contribution >= 4 is 5.91 Å². The Morgan fingerprint density at radius 3 is 2.35 bits per heavy atom. The van der Waals surface area contributed by atoms with Gasteiger partial charge in [0.05, 0.1) is 19.2 Å². The molecule has 2 heterocycles. The maximum atomic E-state index is 12.5. The summed E-state index contributed by atoms with van der Waals surface area (Å²) in [7, 11) is 1.67. The molecule has 4 unspecified atom stereocenters. The van der Waals surface area contributed by atoms with Crippen LogP contribution in [0.15, 0.2) is 48.5 Å². The zero-order valence-corrected chi connectivity index (χ0v) is 15.3. The summed E-state index contributed by atoms with van der Waals surface area (Å²) < 4.78 is 5.36. The van der Waals surface area contributed by atoms with Crippen LogP contribution < -0.4 is 20.9 Å². The summed E-state index contributed by atoms with van der Waals surface area (Å²) in [6.07, 6.45) is 0. The molecule has 0 saturated carbocycles. The van der Waals surface area contributed by atoms with E-state index in [9.17, 15) is 4.79 Å². The van der Waals surface area contributed by atoms with E-state index >= 15 is 0 Å². The predicted octanol–water partition coefficient (Wildman–Crippen LogP) is 2.82. The average molecular weight is 351 g/mol. The van der Waals surface area contributed by atoms with Crippen LogP contribution in [0.5, 0.6) is 5.75 Å². The van der Waals surface area contributed by atoms with Gasteiger partial charge in [0.15, 0.2) is 0 Å². The lowest BCUT2D eigenvalue weighted by Crippen LogP contribution is -2.39. The van der Waals surface area contributed by atoms with Crippen molar-refractivity contribution in [3.63, 3.8) is 0 Å². The molecule has 5 nitrogen and oxygen atoms in total. The maximum Gasteiger partial charge on any atom is 0.239 e. The van der Waals surface area contributed by atoms with Crippen LogP contribution in [-0.2, 0) is 4.79 Å². The topological polar surface area (TPSA) is 62.4 Å². The highest BCUT2D eigenvalue weighted by Crippen LogP contribution is 2.42. The molecule has 2 aromatic carbocycles. The van der Waals surface area contributed by atoms with Crippen LogP contribution in [0.25, 0.3) is 0 Å². The van der Waals surface area contributed by atoms with E-state index in [-0.39, 0.29) is 30.0 Å². The van der Waals surface area contributed by atoms with Crippen molar-refractivity contribution in [2.75, 3.05) is 7.11 Å². The monoisotopic (exact) mass is 351 g/mol. The Balaban J connectivity index is 1.66.